The van der Waals surface area contributed by atoms with Crippen molar-refractivity contribution in [2.75, 3.05) is 0 Å². The molecule has 0 heterocycles. The normalized spacial score (nSPS) is 7.38. The van der Waals surface area contributed by atoms with Gasteiger partial charge in [-0.3, -0.25) is 0 Å². The van der Waals surface area contributed by atoms with Crippen molar-refractivity contribution < 1.29 is 19.2 Å². The second-order valence-corrected chi connectivity index (χ2v) is 1.54. The molecule has 0 radical (unpaired) electrons. The molecule has 0 spiro atoms. The van der Waals surface area contributed by atoms with Gasteiger partial charge in [0.15, 0.2) is 0 Å². The van der Waals surface area contributed by atoms with Gasteiger partial charge in [-0.05, 0) is 0 Å². The fourth-order valence-electron chi connectivity index (χ4n) is 0. The second kappa shape index (κ2) is 10.6. The van der Waals surface area contributed by atoms with Crippen LogP contribution < -0.4 is 0 Å². The number of rotatable bonds is 0. The maximum absolute atomic E-state index is 8.88. The van der Waals surface area contributed by atoms with Gasteiger partial charge >= 0.3 is 117 Å². The summed E-state index contributed by atoms with van der Waals surface area (Å²) < 4.78 is 8.88. The molecule has 0 aliphatic carbocycles. The van der Waals surface area contributed by atoms with E-state index < -0.39 is 7.82 Å². The van der Waals surface area contributed by atoms with E-state index in [1.165, 1.54) is 0 Å². The van der Waals surface area contributed by atoms with E-state index in [9.17, 15) is 0 Å². The first-order valence-corrected chi connectivity index (χ1v) is 2.35. The predicted molar refractivity (Wildman–Crippen MR) is 38.5 cm³/mol. The molecule has 0 aromatic carbocycles. The molecule has 0 aromatic heterocycles. The third-order valence-corrected chi connectivity index (χ3v) is 0. The molecule has 0 aliphatic heterocycles. The minimum atomic E-state index is -4.64. The Morgan fingerprint density at radius 3 is 1.12 bits per heavy atom. The van der Waals surface area contributed by atoms with Crippen molar-refractivity contribution in [3.63, 3.8) is 0 Å². The molecule has 0 aliphatic rings. The zero-order valence-electron chi connectivity index (χ0n) is 2.20. The van der Waals surface area contributed by atoms with Crippen molar-refractivity contribution in [2.24, 2.45) is 0 Å². The average Bonchev–Trinajstić information content (AvgIpc) is 0.722. The number of hydrogen-bond donors (Lipinski definition) is 3. The third kappa shape index (κ3) is 54.6. The van der Waals surface area contributed by atoms with Crippen molar-refractivity contribution in [3.8, 4) is 0 Å². The van der Waals surface area contributed by atoms with Gasteiger partial charge in [0.05, 0.1) is 8.41 Å². The molecule has 0 saturated heterocycles. The van der Waals surface area contributed by atoms with E-state index in [0.29, 0.717) is 0 Å². The Hall–Kier alpha value is 3.62. The third-order valence-electron chi connectivity index (χ3n) is 0. The first-order valence-electron chi connectivity index (χ1n) is 0.783. The SMILES string of the molecule is B.O=P(O)(O)O.[KH].[RbH]. The van der Waals surface area contributed by atoms with Crippen LogP contribution in [0.1, 0.15) is 0 Å². The summed E-state index contributed by atoms with van der Waals surface area (Å²) in [6.07, 6.45) is 0. The van der Waals surface area contributed by atoms with Crippen LogP contribution in [-0.4, -0.2) is 133 Å². The van der Waals surface area contributed by atoms with E-state index in [4.69, 9.17) is 19.2 Å². The molecule has 0 amide bonds. The molecule has 8 heavy (non-hydrogen) atoms. The first kappa shape index (κ1) is 22.6. The summed E-state index contributed by atoms with van der Waals surface area (Å²) in [6.45, 7) is 0. The fourth-order valence-corrected chi connectivity index (χ4v) is 0. The van der Waals surface area contributed by atoms with Crippen molar-refractivity contribution in [2.45, 2.75) is 0 Å². The van der Waals surface area contributed by atoms with Crippen molar-refractivity contribution in [1.29, 1.82) is 0 Å². The Bertz CT molecular complexity index is 62.2. The standard InChI is InChI=1S/BH3.K.H3O4P.Rb.2H/c;;1-5(2,3)4;;;/h1H3;;(H3,1,2,3,4);;;. The van der Waals surface area contributed by atoms with E-state index in [1.54, 1.807) is 0 Å². The summed E-state index contributed by atoms with van der Waals surface area (Å²) in [5.74, 6) is 0. The van der Waals surface area contributed by atoms with Crippen LogP contribution >= 0.6 is 7.82 Å². The molecule has 3 N–H and O–H groups in total. The van der Waals surface area contributed by atoms with Gasteiger partial charge in [0.2, 0.25) is 0 Å². The van der Waals surface area contributed by atoms with E-state index in [2.05, 4.69) is 0 Å². The van der Waals surface area contributed by atoms with Crippen LogP contribution in [0.4, 0.5) is 0 Å². The Morgan fingerprint density at radius 2 is 1.12 bits per heavy atom. The molecule has 0 rings (SSSR count). The molecule has 0 saturated carbocycles. The molecule has 0 bridgehead atoms. The Labute approximate surface area is 141 Å². The van der Waals surface area contributed by atoms with Gasteiger partial charge in [-0.15, -0.1) is 0 Å². The summed E-state index contributed by atoms with van der Waals surface area (Å²) in [5, 5.41) is 0. The van der Waals surface area contributed by atoms with E-state index >= 15 is 0 Å². The molecule has 8 heteroatoms. The Balaban J connectivity index is -0.0000000267. The number of hydrogen-bond acceptors (Lipinski definition) is 1. The second-order valence-electron chi connectivity index (χ2n) is 0.513. The summed E-state index contributed by atoms with van der Waals surface area (Å²) in [5.41, 5.74) is 0. The maximum atomic E-state index is 8.88. The molecular weight excluding hydrogens is 230 g/mol. The molecule has 0 fully saturated rings. The van der Waals surface area contributed by atoms with Gasteiger partial charge in [-0.2, -0.15) is 0 Å². The van der Waals surface area contributed by atoms with Crippen molar-refractivity contribution >= 4 is 126 Å². The molecule has 0 aromatic rings. The van der Waals surface area contributed by atoms with Crippen molar-refractivity contribution in [3.05, 3.63) is 0 Å². The van der Waals surface area contributed by atoms with Crippen LogP contribution in [0.5, 0.6) is 0 Å². The van der Waals surface area contributed by atoms with Crippen LogP contribution in [0, 0.1) is 0 Å². The van der Waals surface area contributed by atoms with Gasteiger partial charge in [0.1, 0.15) is 0 Å². The molecule has 0 unspecified atom stereocenters. The zero-order chi connectivity index (χ0) is 4.50. The quantitative estimate of drug-likeness (QED) is 0.304. The van der Waals surface area contributed by atoms with Crippen molar-refractivity contribution in [1.82, 2.24) is 0 Å². The average molecular weight is 238 g/mol. The summed E-state index contributed by atoms with van der Waals surface area (Å²) in [7, 11) is -4.64. The monoisotopic (exact) mass is 238 g/mol. The molecule has 42 valence electrons. The van der Waals surface area contributed by atoms with E-state index in [-0.39, 0.29) is 118 Å². The van der Waals surface area contributed by atoms with E-state index in [0.717, 1.165) is 0 Å². The summed E-state index contributed by atoms with van der Waals surface area (Å²) in [6, 6.07) is 0. The van der Waals surface area contributed by atoms with Crippen LogP contribution in [0.2, 0.25) is 0 Å². The minimum absolute atomic E-state index is 0. The van der Waals surface area contributed by atoms with Crippen LogP contribution in [-0.2, 0) is 4.57 Å². The van der Waals surface area contributed by atoms with Gasteiger partial charge in [-0.25, -0.2) is 4.57 Å². The van der Waals surface area contributed by atoms with Gasteiger partial charge in [-0.1, -0.05) is 0 Å². The number of phosphoric acid groups is 1. The first-order chi connectivity index (χ1) is 2.00. The van der Waals surface area contributed by atoms with Gasteiger partial charge in [0, 0.05) is 0 Å². The zero-order valence-corrected chi connectivity index (χ0v) is 3.09. The predicted octanol–water partition coefficient (Wildman–Crippen LogP) is -3.41. The van der Waals surface area contributed by atoms with Gasteiger partial charge in [0.25, 0.3) is 0 Å². The van der Waals surface area contributed by atoms with Gasteiger partial charge < -0.3 is 14.7 Å². The van der Waals surface area contributed by atoms with Crippen LogP contribution in [0.15, 0.2) is 0 Å². The fraction of sp³-hybridized carbons (Fsp3) is 0. The Kier molecular flexibility index (Phi) is 30.0. The summed E-state index contributed by atoms with van der Waals surface area (Å²) in [4.78, 5) is 21.6. The van der Waals surface area contributed by atoms with E-state index in [1.807, 2.05) is 0 Å². The molecule has 0 atom stereocenters. The molecular formula is H8BKO4PRb. The van der Waals surface area contributed by atoms with Crippen LogP contribution in [0.3, 0.4) is 0 Å². The Morgan fingerprint density at radius 1 is 1.12 bits per heavy atom. The summed E-state index contributed by atoms with van der Waals surface area (Å²) >= 11 is 0. The molecule has 4 nitrogen and oxygen atoms in total. The topological polar surface area (TPSA) is 77.8 Å². The van der Waals surface area contributed by atoms with Crippen LogP contribution in [0.25, 0.3) is 0 Å².